The second kappa shape index (κ2) is 34.9. The molecule has 2 aromatic rings. The fourth-order valence-corrected chi connectivity index (χ4v) is 3.08. The first-order valence-corrected chi connectivity index (χ1v) is 19.3. The summed E-state index contributed by atoms with van der Waals surface area (Å²) in [5, 5.41) is 12.4. The van der Waals surface area contributed by atoms with Crippen LogP contribution in [0, 0.1) is 19.8 Å². The third-order valence-electron chi connectivity index (χ3n) is 7.98. The smallest absolute Gasteiger partial charge is 0.319 e. The number of ether oxygens (including phenoxy) is 1. The number of aliphatic hydroxyl groups is 1. The standard InChI is InChI=1S/C11H14F3OP.C11H14.C7H17N.C6H14O.C4H10.C2H4O.C2H6/c1-2-4-8-5-3-6-9(7-8)15-11(14,16)10(12)13;1-4-5-11-7-6-9(2)10(3)8-11;1-5-7(3,6-2)8-4;1-5(2)6(3,4)7;1-3-4-2;1-2-3;1-2/h3,5-7,10H,2,4,16H2,1H3;4-8H,1-3H3;8H,5-6H2,1-4H3;5,7H,1-4H3;3-4H2,1-2H3;2H,1H3;1-2H3/b;5-4-;;;;;. The van der Waals surface area contributed by atoms with E-state index >= 15 is 0 Å². The maximum atomic E-state index is 13.2. The highest BCUT2D eigenvalue weighted by Crippen LogP contribution is 2.32. The van der Waals surface area contributed by atoms with Crippen molar-refractivity contribution in [1.29, 1.82) is 0 Å². The summed E-state index contributed by atoms with van der Waals surface area (Å²) in [7, 11) is 3.41. The van der Waals surface area contributed by atoms with E-state index in [-0.39, 0.29) is 5.75 Å². The Morgan fingerprint density at radius 1 is 0.882 bits per heavy atom. The minimum atomic E-state index is -3.20. The van der Waals surface area contributed by atoms with Gasteiger partial charge in [0.2, 0.25) is 0 Å². The molecule has 0 aliphatic rings. The summed E-state index contributed by atoms with van der Waals surface area (Å²) in [6.45, 7) is 32.4. The highest BCUT2D eigenvalue weighted by Gasteiger charge is 2.37. The fourth-order valence-electron chi connectivity index (χ4n) is 2.94. The number of rotatable bonds is 11. The van der Waals surface area contributed by atoms with Gasteiger partial charge in [-0.3, -0.25) is 0 Å². The largest absolute Gasteiger partial charge is 0.450 e. The maximum absolute atomic E-state index is 13.2. The maximum Gasteiger partial charge on any atom is 0.319 e. The van der Waals surface area contributed by atoms with Crippen LogP contribution in [0.25, 0.3) is 6.08 Å². The number of alkyl halides is 3. The molecule has 51 heavy (non-hydrogen) atoms. The summed E-state index contributed by atoms with van der Waals surface area (Å²) in [6.07, 6.45) is 8.52. The summed E-state index contributed by atoms with van der Waals surface area (Å²) in [5.74, 6) is 0.469. The van der Waals surface area contributed by atoms with Gasteiger partial charge in [0.05, 0.1) is 5.60 Å². The number of hydrogen-bond donors (Lipinski definition) is 2. The number of allylic oxidation sites excluding steroid dienone is 1. The molecule has 0 aromatic heterocycles. The summed E-state index contributed by atoms with van der Waals surface area (Å²) >= 11 is 0. The van der Waals surface area contributed by atoms with Crippen molar-refractivity contribution in [3.8, 4) is 5.75 Å². The molecule has 0 spiro atoms. The Balaban J connectivity index is -0.000000177. The van der Waals surface area contributed by atoms with E-state index in [9.17, 15) is 13.2 Å². The second-order valence-corrected chi connectivity index (χ2v) is 13.7. The Labute approximate surface area is 316 Å². The van der Waals surface area contributed by atoms with Crippen LogP contribution in [0.2, 0.25) is 0 Å². The highest BCUT2D eigenvalue weighted by molar-refractivity contribution is 7.18. The lowest BCUT2D eigenvalue weighted by Gasteiger charge is -2.25. The average molecular weight is 746 g/mol. The van der Waals surface area contributed by atoms with Gasteiger partial charge in [-0.25, -0.2) is 8.78 Å². The lowest BCUT2D eigenvalue weighted by molar-refractivity contribution is -0.106. The van der Waals surface area contributed by atoms with E-state index < -0.39 is 17.6 Å². The van der Waals surface area contributed by atoms with E-state index in [2.05, 4.69) is 88.9 Å². The molecule has 0 aliphatic carbocycles. The van der Waals surface area contributed by atoms with Crippen LogP contribution < -0.4 is 10.1 Å². The number of nitrogens with one attached hydrogen (secondary N) is 1. The van der Waals surface area contributed by atoms with Crippen molar-refractivity contribution in [2.24, 2.45) is 5.92 Å². The van der Waals surface area contributed by atoms with Crippen LogP contribution in [0.15, 0.2) is 48.5 Å². The van der Waals surface area contributed by atoms with Gasteiger partial charge in [0.1, 0.15) is 12.0 Å². The topological polar surface area (TPSA) is 58.6 Å². The Morgan fingerprint density at radius 3 is 1.65 bits per heavy atom. The van der Waals surface area contributed by atoms with Crippen LogP contribution in [-0.4, -0.2) is 41.6 Å². The van der Waals surface area contributed by atoms with Gasteiger partial charge in [-0.05, 0) is 124 Å². The van der Waals surface area contributed by atoms with Crippen molar-refractivity contribution >= 4 is 21.6 Å². The fraction of sp³-hybridized carbons (Fsp3) is 0.651. The predicted octanol–water partition coefficient (Wildman–Crippen LogP) is 13.4. The third kappa shape index (κ3) is 34.6. The van der Waals surface area contributed by atoms with Gasteiger partial charge in [-0.1, -0.05) is 124 Å². The summed E-state index contributed by atoms with van der Waals surface area (Å²) in [6, 6.07) is 13.0. The molecule has 0 radical (unpaired) electrons. The first-order valence-electron chi connectivity index (χ1n) is 18.7. The number of aldehydes is 1. The number of carbonyl (C=O) groups excluding carboxylic acids is 1. The molecule has 0 aliphatic heterocycles. The summed E-state index contributed by atoms with van der Waals surface area (Å²) < 4.78 is 42.3. The van der Waals surface area contributed by atoms with Crippen LogP contribution in [0.4, 0.5) is 13.2 Å². The molecular formula is C43H79F3NO3P. The van der Waals surface area contributed by atoms with Gasteiger partial charge in [0, 0.05) is 5.54 Å². The second-order valence-electron chi connectivity index (χ2n) is 12.9. The minimum absolute atomic E-state index is 0.115. The first-order chi connectivity index (χ1) is 23.6. The third-order valence-corrected chi connectivity index (χ3v) is 8.35. The van der Waals surface area contributed by atoms with Crippen molar-refractivity contribution in [3.05, 3.63) is 70.8 Å². The molecular weight excluding hydrogens is 666 g/mol. The predicted molar refractivity (Wildman–Crippen MR) is 224 cm³/mol. The zero-order valence-corrected chi connectivity index (χ0v) is 36.8. The van der Waals surface area contributed by atoms with Gasteiger partial charge in [0.25, 0.3) is 0 Å². The molecule has 8 heteroatoms. The van der Waals surface area contributed by atoms with Crippen LogP contribution >= 0.6 is 9.24 Å². The van der Waals surface area contributed by atoms with Crippen LogP contribution in [0.1, 0.15) is 151 Å². The molecule has 300 valence electrons. The molecule has 0 saturated carbocycles. The SMILES string of the molecule is C/C=C\c1ccc(C)c(C)c1.CC.CC(C)C(C)(C)O.CC=O.CCC(C)(CC)NC.CCCC.CCCc1cccc(OC(F)(P)C(F)F)c1. The van der Waals surface area contributed by atoms with Gasteiger partial charge < -0.3 is 20.0 Å². The average Bonchev–Trinajstić information content (AvgIpc) is 3.08. The molecule has 0 bridgehead atoms. The molecule has 2 aromatic carbocycles. The number of hydrogen-bond acceptors (Lipinski definition) is 4. The van der Waals surface area contributed by atoms with Gasteiger partial charge in [-0.2, -0.15) is 4.39 Å². The number of halogens is 3. The van der Waals surface area contributed by atoms with E-state index in [1.165, 1.54) is 64.6 Å². The van der Waals surface area contributed by atoms with E-state index in [1.807, 2.05) is 68.5 Å². The molecule has 0 saturated heterocycles. The van der Waals surface area contributed by atoms with E-state index in [4.69, 9.17) is 9.90 Å². The molecule has 0 fully saturated rings. The number of aryl methyl sites for hydroxylation is 3. The van der Waals surface area contributed by atoms with Crippen LogP contribution in [0.5, 0.6) is 5.75 Å². The monoisotopic (exact) mass is 746 g/mol. The first kappa shape index (κ1) is 58.1. The van der Waals surface area contributed by atoms with Crippen molar-refractivity contribution in [2.75, 3.05) is 7.05 Å². The zero-order valence-electron chi connectivity index (χ0n) is 35.6. The number of benzene rings is 2. The number of unbranched alkanes of at least 4 members (excludes halogenated alkanes) is 1. The Bertz CT molecular complexity index is 1090. The quantitative estimate of drug-likeness (QED) is 0.178. The lowest BCUT2D eigenvalue weighted by Crippen LogP contribution is -2.37. The Hall–Kier alpha value is -2.21. The van der Waals surface area contributed by atoms with Crippen molar-refractivity contribution in [3.63, 3.8) is 0 Å². The van der Waals surface area contributed by atoms with Crippen LogP contribution in [0.3, 0.4) is 0 Å². The van der Waals surface area contributed by atoms with E-state index in [0.29, 0.717) is 11.5 Å². The zero-order chi connectivity index (χ0) is 41.3. The van der Waals surface area contributed by atoms with Crippen molar-refractivity contribution in [1.82, 2.24) is 5.32 Å². The molecule has 4 nitrogen and oxygen atoms in total. The Kier molecular flexibility index (Phi) is 39.7. The van der Waals surface area contributed by atoms with E-state index in [0.717, 1.165) is 24.7 Å². The molecule has 2 rings (SSSR count). The van der Waals surface area contributed by atoms with Gasteiger partial charge in [-0.15, -0.1) is 0 Å². The normalized spacial score (nSPS) is 11.6. The van der Waals surface area contributed by atoms with Crippen molar-refractivity contribution < 1.29 is 27.8 Å². The molecule has 0 amide bonds. The minimum Gasteiger partial charge on any atom is -0.450 e. The molecule has 2 unspecified atom stereocenters. The van der Waals surface area contributed by atoms with Crippen molar-refractivity contribution in [2.45, 2.75) is 172 Å². The lowest BCUT2D eigenvalue weighted by atomic mass is 9.95. The number of carbonyl (C=O) groups is 1. The molecule has 2 atom stereocenters. The summed E-state index contributed by atoms with van der Waals surface area (Å²) in [4.78, 5) is 8.81. The summed E-state index contributed by atoms with van der Waals surface area (Å²) in [5.41, 5.74) is 1.80. The van der Waals surface area contributed by atoms with Crippen LogP contribution in [-0.2, 0) is 11.2 Å². The highest BCUT2D eigenvalue weighted by atomic mass is 31.0. The van der Waals surface area contributed by atoms with E-state index in [1.54, 1.807) is 12.1 Å². The molecule has 0 heterocycles. The Morgan fingerprint density at radius 2 is 1.35 bits per heavy atom. The molecule has 2 N–H and O–H groups in total. The van der Waals surface area contributed by atoms with Gasteiger partial charge in [0.15, 0.2) is 0 Å². The van der Waals surface area contributed by atoms with Gasteiger partial charge >= 0.3 is 12.0 Å².